The first-order chi connectivity index (χ1) is 6.76. The zero-order valence-corrected chi connectivity index (χ0v) is 8.63. The molecule has 2 rings (SSSR count). The van der Waals surface area contributed by atoms with Crippen molar-refractivity contribution in [3.8, 4) is 0 Å². The Hall–Kier alpha value is -0.410. The Balaban J connectivity index is 1.86. The molecule has 1 saturated heterocycles. The highest BCUT2D eigenvalue weighted by Crippen LogP contribution is 2.43. The van der Waals surface area contributed by atoms with E-state index in [1.165, 1.54) is 6.42 Å². The number of rotatable bonds is 4. The van der Waals surface area contributed by atoms with Crippen molar-refractivity contribution in [2.24, 2.45) is 17.1 Å². The zero-order chi connectivity index (χ0) is 10.0. The Morgan fingerprint density at radius 2 is 2.29 bits per heavy atom. The van der Waals surface area contributed by atoms with Crippen molar-refractivity contribution in [2.75, 3.05) is 19.8 Å². The number of nitrogens with two attached hydrogens (primary N) is 1. The van der Waals surface area contributed by atoms with Gasteiger partial charge in [0, 0.05) is 18.9 Å². The van der Waals surface area contributed by atoms with E-state index in [0.717, 1.165) is 25.9 Å². The van der Waals surface area contributed by atoms with Gasteiger partial charge in [0.25, 0.3) is 0 Å². The first-order valence-electron chi connectivity index (χ1n) is 5.56. The number of hydrogen-bond acceptors (Lipinski definition) is 3. The van der Waals surface area contributed by atoms with E-state index in [0.29, 0.717) is 25.4 Å². The molecule has 1 aliphatic carbocycles. The van der Waals surface area contributed by atoms with Crippen LogP contribution in [0.2, 0.25) is 0 Å². The molecule has 3 nitrogen and oxygen atoms in total. The van der Waals surface area contributed by atoms with E-state index < -0.39 is 0 Å². The average molecular weight is 197 g/mol. The fourth-order valence-electron chi connectivity index (χ4n) is 2.43. The predicted molar refractivity (Wildman–Crippen MR) is 53.9 cm³/mol. The molecule has 1 unspecified atom stereocenters. The third kappa shape index (κ3) is 1.84. The predicted octanol–water partition coefficient (Wildman–Crippen LogP) is 1.11. The van der Waals surface area contributed by atoms with Crippen LogP contribution in [-0.4, -0.2) is 25.5 Å². The summed E-state index contributed by atoms with van der Waals surface area (Å²) >= 11 is 0. The van der Waals surface area contributed by atoms with Crippen LogP contribution in [0.25, 0.3) is 0 Å². The molecule has 0 amide bonds. The lowest BCUT2D eigenvalue weighted by molar-refractivity contribution is -0.126. The van der Waals surface area contributed by atoms with Gasteiger partial charge >= 0.3 is 0 Å². The maximum Gasteiger partial charge on any atom is 0.138 e. The Bertz CT molecular complexity index is 212. The van der Waals surface area contributed by atoms with Crippen LogP contribution in [0.4, 0.5) is 0 Å². The minimum Gasteiger partial charge on any atom is -0.381 e. The number of ether oxygens (including phenoxy) is 1. The summed E-state index contributed by atoms with van der Waals surface area (Å²) < 4.78 is 5.23. The Morgan fingerprint density at radius 3 is 2.71 bits per heavy atom. The second-order valence-electron chi connectivity index (χ2n) is 4.76. The molecule has 0 radical (unpaired) electrons. The molecule has 2 N–H and O–H groups in total. The number of hydrogen-bond donors (Lipinski definition) is 1. The maximum atomic E-state index is 11.9. The molecule has 2 fully saturated rings. The topological polar surface area (TPSA) is 52.3 Å². The summed E-state index contributed by atoms with van der Waals surface area (Å²) in [6.45, 7) is 2.07. The SMILES string of the molecule is NCC1(CC(=O)C2CCOC2)CCC1. The molecule has 0 aromatic carbocycles. The Kier molecular flexibility index (Phi) is 2.88. The molecule has 14 heavy (non-hydrogen) atoms. The summed E-state index contributed by atoms with van der Waals surface area (Å²) in [6, 6.07) is 0. The molecule has 1 heterocycles. The van der Waals surface area contributed by atoms with E-state index in [9.17, 15) is 4.79 Å². The molecular weight excluding hydrogens is 178 g/mol. The van der Waals surface area contributed by atoms with Crippen LogP contribution >= 0.6 is 0 Å². The van der Waals surface area contributed by atoms with Gasteiger partial charge in [-0.1, -0.05) is 6.42 Å². The fourth-order valence-corrected chi connectivity index (χ4v) is 2.43. The van der Waals surface area contributed by atoms with E-state index in [2.05, 4.69) is 0 Å². The summed E-state index contributed by atoms with van der Waals surface area (Å²) in [5.41, 5.74) is 5.90. The van der Waals surface area contributed by atoms with Crippen LogP contribution in [0.5, 0.6) is 0 Å². The normalized spacial score (nSPS) is 29.9. The van der Waals surface area contributed by atoms with Gasteiger partial charge in [-0.3, -0.25) is 4.79 Å². The quantitative estimate of drug-likeness (QED) is 0.734. The van der Waals surface area contributed by atoms with Crippen LogP contribution in [0.3, 0.4) is 0 Å². The van der Waals surface area contributed by atoms with Crippen molar-refractivity contribution in [2.45, 2.75) is 32.1 Å². The lowest BCUT2D eigenvalue weighted by atomic mass is 9.65. The third-order valence-electron chi connectivity index (χ3n) is 3.78. The zero-order valence-electron chi connectivity index (χ0n) is 8.63. The molecule has 2 aliphatic rings. The van der Waals surface area contributed by atoms with Gasteiger partial charge in [-0.25, -0.2) is 0 Å². The van der Waals surface area contributed by atoms with Crippen LogP contribution in [0.1, 0.15) is 32.1 Å². The van der Waals surface area contributed by atoms with Gasteiger partial charge in [0.15, 0.2) is 0 Å². The summed E-state index contributed by atoms with van der Waals surface area (Å²) in [4.78, 5) is 11.9. The smallest absolute Gasteiger partial charge is 0.138 e. The lowest BCUT2D eigenvalue weighted by Gasteiger charge is -2.40. The lowest BCUT2D eigenvalue weighted by Crippen LogP contribution is -2.40. The Morgan fingerprint density at radius 1 is 1.50 bits per heavy atom. The van der Waals surface area contributed by atoms with E-state index in [1.54, 1.807) is 0 Å². The summed E-state index contributed by atoms with van der Waals surface area (Å²) in [7, 11) is 0. The van der Waals surface area contributed by atoms with Crippen molar-refractivity contribution >= 4 is 5.78 Å². The van der Waals surface area contributed by atoms with Crippen molar-refractivity contribution in [1.29, 1.82) is 0 Å². The van der Waals surface area contributed by atoms with E-state index in [4.69, 9.17) is 10.5 Å². The molecule has 1 saturated carbocycles. The van der Waals surface area contributed by atoms with Gasteiger partial charge < -0.3 is 10.5 Å². The average Bonchev–Trinajstić information content (AvgIpc) is 2.63. The molecule has 3 heteroatoms. The molecule has 1 atom stereocenters. The monoisotopic (exact) mass is 197 g/mol. The minimum absolute atomic E-state index is 0.166. The number of Topliss-reactive ketones (excluding diaryl/α,β-unsaturated/α-hetero) is 1. The van der Waals surface area contributed by atoms with Crippen molar-refractivity contribution in [1.82, 2.24) is 0 Å². The van der Waals surface area contributed by atoms with Crippen LogP contribution in [-0.2, 0) is 9.53 Å². The largest absolute Gasteiger partial charge is 0.381 e. The summed E-state index contributed by atoms with van der Waals surface area (Å²) in [5, 5.41) is 0. The van der Waals surface area contributed by atoms with Crippen molar-refractivity contribution in [3.63, 3.8) is 0 Å². The van der Waals surface area contributed by atoms with E-state index >= 15 is 0 Å². The first kappa shape index (κ1) is 10.1. The number of carbonyl (C=O) groups excluding carboxylic acids is 1. The maximum absolute atomic E-state index is 11.9. The molecular formula is C11H19NO2. The third-order valence-corrected chi connectivity index (χ3v) is 3.78. The van der Waals surface area contributed by atoms with Crippen LogP contribution < -0.4 is 5.73 Å². The van der Waals surface area contributed by atoms with Gasteiger partial charge in [0.2, 0.25) is 0 Å². The van der Waals surface area contributed by atoms with Crippen molar-refractivity contribution in [3.05, 3.63) is 0 Å². The van der Waals surface area contributed by atoms with Gasteiger partial charge in [0.05, 0.1) is 6.61 Å². The summed E-state index contributed by atoms with van der Waals surface area (Å²) in [6.07, 6.45) is 5.13. The minimum atomic E-state index is 0.166. The van der Waals surface area contributed by atoms with Gasteiger partial charge in [-0.05, 0) is 31.2 Å². The number of ketones is 1. The molecule has 0 spiro atoms. The highest BCUT2D eigenvalue weighted by atomic mass is 16.5. The second-order valence-corrected chi connectivity index (χ2v) is 4.76. The molecule has 80 valence electrons. The first-order valence-corrected chi connectivity index (χ1v) is 5.56. The summed E-state index contributed by atoms with van der Waals surface area (Å²) in [5.74, 6) is 0.548. The van der Waals surface area contributed by atoms with Gasteiger partial charge in [-0.15, -0.1) is 0 Å². The highest BCUT2D eigenvalue weighted by molar-refractivity contribution is 5.82. The van der Waals surface area contributed by atoms with Crippen LogP contribution in [0.15, 0.2) is 0 Å². The fraction of sp³-hybridized carbons (Fsp3) is 0.909. The molecule has 0 bridgehead atoms. The van der Waals surface area contributed by atoms with Crippen molar-refractivity contribution < 1.29 is 9.53 Å². The number of carbonyl (C=O) groups is 1. The molecule has 1 aliphatic heterocycles. The van der Waals surface area contributed by atoms with Gasteiger partial charge in [0.1, 0.15) is 5.78 Å². The highest BCUT2D eigenvalue weighted by Gasteiger charge is 2.39. The molecule has 0 aromatic rings. The molecule has 0 aromatic heterocycles. The van der Waals surface area contributed by atoms with Gasteiger partial charge in [-0.2, -0.15) is 0 Å². The second kappa shape index (κ2) is 3.99. The van der Waals surface area contributed by atoms with E-state index in [1.807, 2.05) is 0 Å². The van der Waals surface area contributed by atoms with E-state index in [-0.39, 0.29) is 11.3 Å². The Labute approximate surface area is 85.0 Å². The standard InChI is InChI=1S/C11H19NO2/c12-8-11(3-1-4-11)6-10(13)9-2-5-14-7-9/h9H,1-8,12H2. The van der Waals surface area contributed by atoms with Crippen LogP contribution in [0, 0.1) is 11.3 Å².